The van der Waals surface area contributed by atoms with Gasteiger partial charge in [0.05, 0.1) is 16.8 Å². The number of para-hydroxylation sites is 1. The van der Waals surface area contributed by atoms with E-state index in [2.05, 4.69) is 15.4 Å². The number of alkyl halides is 2. The molecule has 31 heavy (non-hydrogen) atoms. The smallest absolute Gasteiger partial charge is 0.434 e. The molecule has 9 heteroatoms. The molecule has 1 saturated heterocycles. The molecule has 2 N–H and O–H groups in total. The molecule has 0 aliphatic carbocycles. The molecule has 2 aromatic carbocycles. The van der Waals surface area contributed by atoms with Crippen molar-refractivity contribution in [1.82, 2.24) is 5.32 Å². The maximum Gasteiger partial charge on any atom is 0.494 e. The van der Waals surface area contributed by atoms with Crippen LogP contribution in [0.5, 0.6) is 5.75 Å². The summed E-state index contributed by atoms with van der Waals surface area (Å²) in [5, 5.41) is 5.77. The highest BCUT2D eigenvalue weighted by molar-refractivity contribution is 6.62. The number of carbonyl (C=O) groups excluding carboxylic acids is 1. The third-order valence-corrected chi connectivity index (χ3v) is 5.70. The lowest BCUT2D eigenvalue weighted by atomic mass is 9.78. The van der Waals surface area contributed by atoms with Crippen molar-refractivity contribution in [3.05, 3.63) is 53.6 Å². The molecule has 1 fully saturated rings. The molecule has 0 saturated carbocycles. The molecule has 1 aliphatic heterocycles. The van der Waals surface area contributed by atoms with E-state index >= 15 is 0 Å². The number of benzene rings is 2. The van der Waals surface area contributed by atoms with E-state index in [4.69, 9.17) is 9.31 Å². The fraction of sp³-hybridized carbons (Fsp3) is 0.409. The summed E-state index contributed by atoms with van der Waals surface area (Å²) < 4.78 is 42.2. The second kappa shape index (κ2) is 8.84. The Morgan fingerprint density at radius 3 is 2.35 bits per heavy atom. The van der Waals surface area contributed by atoms with Crippen LogP contribution >= 0.6 is 0 Å². The summed E-state index contributed by atoms with van der Waals surface area (Å²) in [5.74, 6) is -0.200. The Labute approximate surface area is 181 Å². The van der Waals surface area contributed by atoms with Crippen molar-refractivity contribution in [3.8, 4) is 5.75 Å². The van der Waals surface area contributed by atoms with Gasteiger partial charge in [-0.05, 0) is 51.4 Å². The average Bonchev–Trinajstić information content (AvgIpc) is 2.93. The fourth-order valence-corrected chi connectivity index (χ4v) is 3.22. The van der Waals surface area contributed by atoms with Crippen molar-refractivity contribution in [2.45, 2.75) is 52.1 Å². The van der Waals surface area contributed by atoms with Gasteiger partial charge in [0.1, 0.15) is 5.75 Å². The van der Waals surface area contributed by atoms with Crippen LogP contribution in [0.1, 0.15) is 43.6 Å². The number of hydrogen-bond acceptors (Lipinski definition) is 5. The molecule has 6 nitrogen and oxygen atoms in total. The van der Waals surface area contributed by atoms with Crippen molar-refractivity contribution >= 4 is 24.2 Å². The van der Waals surface area contributed by atoms with E-state index in [-0.39, 0.29) is 18.2 Å². The SMILES string of the molecule is CNC(=O)c1ccc(B2OC(C)(C)C(C)(C)O2)cc1NCc1ccccc1OC(F)F. The van der Waals surface area contributed by atoms with Gasteiger partial charge < -0.3 is 24.7 Å². The molecule has 2 aromatic rings. The quantitative estimate of drug-likeness (QED) is 0.655. The van der Waals surface area contributed by atoms with Crippen LogP contribution in [0.15, 0.2) is 42.5 Å². The van der Waals surface area contributed by atoms with Crippen LogP contribution in [0.3, 0.4) is 0 Å². The lowest BCUT2D eigenvalue weighted by molar-refractivity contribution is -0.0504. The molecule has 1 aliphatic rings. The van der Waals surface area contributed by atoms with Crippen molar-refractivity contribution < 1.29 is 27.6 Å². The first-order chi connectivity index (χ1) is 14.5. The van der Waals surface area contributed by atoms with Gasteiger partial charge in [0.25, 0.3) is 5.91 Å². The molecule has 0 radical (unpaired) electrons. The summed E-state index contributed by atoms with van der Waals surface area (Å²) in [6.07, 6.45) is 0. The minimum atomic E-state index is -2.92. The number of anilines is 1. The molecule has 1 amide bonds. The van der Waals surface area contributed by atoms with Crippen molar-refractivity contribution in [2.24, 2.45) is 0 Å². The number of ether oxygens (including phenoxy) is 1. The van der Waals surface area contributed by atoms with Gasteiger partial charge in [-0.3, -0.25) is 4.79 Å². The van der Waals surface area contributed by atoms with E-state index < -0.39 is 24.9 Å². The monoisotopic (exact) mass is 432 g/mol. The number of amides is 1. The standard InChI is InChI=1S/C22H27BF2N2O4/c1-21(2)22(3,4)31-23(30-21)15-10-11-16(19(28)26-5)17(12-15)27-13-14-8-6-7-9-18(14)29-20(24)25/h6-12,20,27H,13H2,1-5H3,(H,26,28). The Hall–Kier alpha value is -2.65. The molecule has 0 aromatic heterocycles. The second-order valence-corrected chi connectivity index (χ2v) is 8.31. The molecule has 0 unspecified atom stereocenters. The zero-order chi connectivity index (χ0) is 22.8. The number of hydrogen-bond donors (Lipinski definition) is 2. The first-order valence-electron chi connectivity index (χ1n) is 10.0. The van der Waals surface area contributed by atoms with Gasteiger partial charge in [-0.1, -0.05) is 24.3 Å². The van der Waals surface area contributed by atoms with E-state index in [0.29, 0.717) is 16.8 Å². The van der Waals surface area contributed by atoms with Gasteiger partial charge in [-0.25, -0.2) is 0 Å². The molecule has 0 atom stereocenters. The maximum absolute atomic E-state index is 12.7. The van der Waals surface area contributed by atoms with Crippen molar-refractivity contribution in [3.63, 3.8) is 0 Å². The maximum atomic E-state index is 12.7. The summed E-state index contributed by atoms with van der Waals surface area (Å²) in [4.78, 5) is 12.4. The number of carbonyl (C=O) groups is 1. The van der Waals surface area contributed by atoms with Crippen LogP contribution in [-0.2, 0) is 15.9 Å². The van der Waals surface area contributed by atoms with Gasteiger partial charge >= 0.3 is 13.7 Å². The summed E-state index contributed by atoms with van der Waals surface area (Å²) in [6.45, 7) is 5.11. The Kier molecular flexibility index (Phi) is 6.57. The van der Waals surface area contributed by atoms with Gasteiger partial charge in [0.2, 0.25) is 0 Å². The Morgan fingerprint density at radius 1 is 1.10 bits per heavy atom. The van der Waals surface area contributed by atoms with Crippen LogP contribution in [0.25, 0.3) is 0 Å². The zero-order valence-corrected chi connectivity index (χ0v) is 18.3. The Balaban J connectivity index is 1.88. The molecule has 166 valence electrons. The molecule has 0 bridgehead atoms. The van der Waals surface area contributed by atoms with Gasteiger partial charge in [0, 0.05) is 24.8 Å². The summed E-state index contributed by atoms with van der Waals surface area (Å²) >= 11 is 0. The van der Waals surface area contributed by atoms with E-state index in [1.54, 1.807) is 43.4 Å². The number of nitrogens with one attached hydrogen (secondary N) is 2. The first kappa shape index (κ1) is 23.0. The summed E-state index contributed by atoms with van der Waals surface area (Å²) in [5.41, 5.74) is 1.21. The predicted molar refractivity (Wildman–Crippen MR) is 116 cm³/mol. The van der Waals surface area contributed by atoms with E-state index in [9.17, 15) is 13.6 Å². The molecular formula is C22H27BF2N2O4. The van der Waals surface area contributed by atoms with Gasteiger partial charge in [0.15, 0.2) is 0 Å². The molecule has 3 rings (SSSR count). The number of halogens is 2. The highest BCUT2D eigenvalue weighted by Crippen LogP contribution is 2.36. The Morgan fingerprint density at radius 2 is 1.74 bits per heavy atom. The second-order valence-electron chi connectivity index (χ2n) is 8.31. The van der Waals surface area contributed by atoms with Crippen LogP contribution in [-0.4, -0.2) is 37.9 Å². The van der Waals surface area contributed by atoms with Crippen LogP contribution in [0.2, 0.25) is 0 Å². The summed E-state index contributed by atoms with van der Waals surface area (Å²) in [7, 11) is 0.943. The van der Waals surface area contributed by atoms with Crippen LogP contribution < -0.4 is 20.8 Å². The highest BCUT2D eigenvalue weighted by Gasteiger charge is 2.51. The van der Waals surface area contributed by atoms with E-state index in [1.165, 1.54) is 6.07 Å². The van der Waals surface area contributed by atoms with Crippen LogP contribution in [0, 0.1) is 0 Å². The van der Waals surface area contributed by atoms with Gasteiger partial charge in [-0.2, -0.15) is 8.78 Å². The minimum Gasteiger partial charge on any atom is -0.434 e. The highest BCUT2D eigenvalue weighted by atomic mass is 19.3. The third-order valence-electron chi connectivity index (χ3n) is 5.70. The van der Waals surface area contributed by atoms with Crippen molar-refractivity contribution in [1.29, 1.82) is 0 Å². The Bertz CT molecular complexity index is 937. The average molecular weight is 432 g/mol. The topological polar surface area (TPSA) is 68.8 Å². The molecular weight excluding hydrogens is 405 g/mol. The lowest BCUT2D eigenvalue weighted by Gasteiger charge is -2.32. The van der Waals surface area contributed by atoms with Gasteiger partial charge in [-0.15, -0.1) is 0 Å². The summed E-state index contributed by atoms with van der Waals surface area (Å²) in [6, 6.07) is 11.8. The largest absolute Gasteiger partial charge is 0.494 e. The normalized spacial score (nSPS) is 17.0. The fourth-order valence-electron chi connectivity index (χ4n) is 3.22. The molecule has 0 spiro atoms. The molecule has 1 heterocycles. The van der Waals surface area contributed by atoms with Crippen molar-refractivity contribution in [2.75, 3.05) is 12.4 Å². The van der Waals surface area contributed by atoms with E-state index in [0.717, 1.165) is 5.46 Å². The third kappa shape index (κ3) is 4.99. The number of rotatable bonds is 7. The van der Waals surface area contributed by atoms with Crippen LogP contribution in [0.4, 0.5) is 14.5 Å². The van der Waals surface area contributed by atoms with E-state index in [1.807, 2.05) is 27.7 Å². The first-order valence-corrected chi connectivity index (χ1v) is 10.0. The minimum absolute atomic E-state index is 0.0774. The zero-order valence-electron chi connectivity index (χ0n) is 18.3. The predicted octanol–water partition coefficient (Wildman–Crippen LogP) is 3.56. The lowest BCUT2D eigenvalue weighted by Crippen LogP contribution is -2.41.